The van der Waals surface area contributed by atoms with Crippen LogP contribution in [0.3, 0.4) is 0 Å². The molecule has 1 heterocycles. The predicted octanol–water partition coefficient (Wildman–Crippen LogP) is 2.44. The number of nitrogens with one attached hydrogen (secondary N) is 1. The van der Waals surface area contributed by atoms with Crippen LogP contribution in [0.4, 0.5) is 4.39 Å². The zero-order valence-electron chi connectivity index (χ0n) is 11.1. The van der Waals surface area contributed by atoms with Gasteiger partial charge in [0, 0.05) is 30.2 Å². The maximum Gasteiger partial charge on any atom is 0.237 e. The number of hydrogen-bond acceptors (Lipinski definition) is 2. The van der Waals surface area contributed by atoms with E-state index in [9.17, 15) is 9.18 Å². The third-order valence-corrected chi connectivity index (χ3v) is 3.77. The smallest absolute Gasteiger partial charge is 0.237 e. The van der Waals surface area contributed by atoms with Gasteiger partial charge in [0.15, 0.2) is 0 Å². The van der Waals surface area contributed by atoms with E-state index in [0.717, 1.165) is 0 Å². The van der Waals surface area contributed by atoms with Crippen LogP contribution in [0.15, 0.2) is 18.2 Å². The molecule has 1 aromatic carbocycles. The fourth-order valence-electron chi connectivity index (χ4n) is 2.52. The summed E-state index contributed by atoms with van der Waals surface area (Å²) in [6.45, 7) is 5.65. The molecule has 1 aliphatic heterocycles. The second kappa shape index (κ2) is 5.88. The van der Waals surface area contributed by atoms with Crippen molar-refractivity contribution in [2.24, 2.45) is 5.92 Å². The van der Waals surface area contributed by atoms with Gasteiger partial charge in [0.2, 0.25) is 5.91 Å². The first-order valence-corrected chi connectivity index (χ1v) is 6.83. The molecule has 0 aromatic heterocycles. The molecular formula is C14H18ClFN2O. The lowest BCUT2D eigenvalue weighted by atomic mass is 9.99. The van der Waals surface area contributed by atoms with Gasteiger partial charge >= 0.3 is 0 Å². The van der Waals surface area contributed by atoms with Gasteiger partial charge in [-0.15, -0.1) is 0 Å². The van der Waals surface area contributed by atoms with Gasteiger partial charge in [0.1, 0.15) is 5.82 Å². The number of halogens is 2. The largest absolute Gasteiger partial charge is 0.353 e. The molecule has 1 amide bonds. The Hall–Kier alpha value is -1.13. The highest BCUT2D eigenvalue weighted by molar-refractivity contribution is 6.31. The summed E-state index contributed by atoms with van der Waals surface area (Å²) in [6.07, 6.45) is 0. The number of carbonyl (C=O) groups excluding carboxylic acids is 1. The third-order valence-electron chi connectivity index (χ3n) is 3.41. The van der Waals surface area contributed by atoms with E-state index in [4.69, 9.17) is 11.6 Å². The molecule has 2 rings (SSSR count). The Morgan fingerprint density at radius 3 is 2.89 bits per heavy atom. The van der Waals surface area contributed by atoms with Gasteiger partial charge < -0.3 is 5.32 Å². The van der Waals surface area contributed by atoms with Gasteiger partial charge in [0.05, 0.1) is 6.04 Å². The Morgan fingerprint density at radius 2 is 2.26 bits per heavy atom. The molecule has 0 spiro atoms. The van der Waals surface area contributed by atoms with Crippen molar-refractivity contribution < 1.29 is 9.18 Å². The van der Waals surface area contributed by atoms with Crippen molar-refractivity contribution in [3.63, 3.8) is 0 Å². The SMILES string of the molecule is CC(C)C1C(=O)NCCN1Cc1c(F)cccc1Cl. The van der Waals surface area contributed by atoms with Gasteiger partial charge in [-0.05, 0) is 18.1 Å². The Kier molecular flexibility index (Phi) is 4.42. The van der Waals surface area contributed by atoms with Crippen molar-refractivity contribution in [2.45, 2.75) is 26.4 Å². The molecule has 0 aliphatic carbocycles. The molecule has 0 saturated carbocycles. The summed E-state index contributed by atoms with van der Waals surface area (Å²) in [7, 11) is 0. The number of piperazine rings is 1. The molecule has 0 bridgehead atoms. The Bertz CT molecular complexity index is 458. The van der Waals surface area contributed by atoms with Gasteiger partial charge in [-0.1, -0.05) is 31.5 Å². The van der Waals surface area contributed by atoms with Crippen LogP contribution < -0.4 is 5.32 Å². The van der Waals surface area contributed by atoms with Gasteiger partial charge in [-0.25, -0.2) is 4.39 Å². The summed E-state index contributed by atoms with van der Waals surface area (Å²) in [5.74, 6) is -0.138. The van der Waals surface area contributed by atoms with Crippen molar-refractivity contribution >= 4 is 17.5 Å². The summed E-state index contributed by atoms with van der Waals surface area (Å²) >= 11 is 6.05. The minimum absolute atomic E-state index is 0.00807. The lowest BCUT2D eigenvalue weighted by molar-refractivity contribution is -0.131. The minimum atomic E-state index is -0.319. The fraction of sp³-hybridized carbons (Fsp3) is 0.500. The van der Waals surface area contributed by atoms with Crippen LogP contribution in [0.5, 0.6) is 0 Å². The molecule has 19 heavy (non-hydrogen) atoms. The van der Waals surface area contributed by atoms with E-state index in [-0.39, 0.29) is 23.7 Å². The molecule has 1 N–H and O–H groups in total. The summed E-state index contributed by atoms with van der Waals surface area (Å²) in [6, 6.07) is 4.43. The monoisotopic (exact) mass is 284 g/mol. The minimum Gasteiger partial charge on any atom is -0.353 e. The van der Waals surface area contributed by atoms with Crippen molar-refractivity contribution in [3.05, 3.63) is 34.6 Å². The van der Waals surface area contributed by atoms with Crippen molar-refractivity contribution in [2.75, 3.05) is 13.1 Å². The first kappa shape index (κ1) is 14.3. The third kappa shape index (κ3) is 3.07. The topological polar surface area (TPSA) is 32.3 Å². The highest BCUT2D eigenvalue weighted by Crippen LogP contribution is 2.24. The summed E-state index contributed by atoms with van der Waals surface area (Å²) in [4.78, 5) is 13.9. The molecule has 1 unspecified atom stereocenters. The van der Waals surface area contributed by atoms with Crippen LogP contribution in [0, 0.1) is 11.7 Å². The summed E-state index contributed by atoms with van der Waals surface area (Å²) in [5, 5.41) is 3.26. The number of amides is 1. The van der Waals surface area contributed by atoms with Crippen LogP contribution in [-0.4, -0.2) is 29.9 Å². The normalized spacial score (nSPS) is 20.7. The molecule has 1 saturated heterocycles. The first-order chi connectivity index (χ1) is 9.00. The maximum absolute atomic E-state index is 13.8. The molecule has 5 heteroatoms. The standard InChI is InChI=1S/C14H18ClFN2O/c1-9(2)13-14(19)17-6-7-18(13)8-10-11(15)4-3-5-12(10)16/h3-5,9,13H,6-8H2,1-2H3,(H,17,19). The highest BCUT2D eigenvalue weighted by Gasteiger charge is 2.32. The maximum atomic E-state index is 13.8. The molecule has 1 aliphatic rings. The first-order valence-electron chi connectivity index (χ1n) is 6.45. The van der Waals surface area contributed by atoms with Crippen LogP contribution in [-0.2, 0) is 11.3 Å². The molecule has 3 nitrogen and oxygen atoms in total. The Morgan fingerprint density at radius 1 is 1.53 bits per heavy atom. The van der Waals surface area contributed by atoms with Crippen molar-refractivity contribution in [1.82, 2.24) is 10.2 Å². The average molecular weight is 285 g/mol. The average Bonchev–Trinajstić information content (AvgIpc) is 2.33. The Balaban J connectivity index is 2.23. The molecule has 0 radical (unpaired) electrons. The number of benzene rings is 1. The van der Waals surface area contributed by atoms with Crippen LogP contribution in [0.1, 0.15) is 19.4 Å². The molecule has 104 valence electrons. The van der Waals surface area contributed by atoms with Gasteiger partial charge in [0.25, 0.3) is 0 Å². The van der Waals surface area contributed by atoms with Crippen molar-refractivity contribution in [3.8, 4) is 0 Å². The zero-order chi connectivity index (χ0) is 14.0. The lowest BCUT2D eigenvalue weighted by Gasteiger charge is -2.37. The van der Waals surface area contributed by atoms with E-state index in [0.29, 0.717) is 30.2 Å². The second-order valence-corrected chi connectivity index (χ2v) is 5.56. The van der Waals surface area contributed by atoms with Crippen LogP contribution in [0.2, 0.25) is 5.02 Å². The highest BCUT2D eigenvalue weighted by atomic mass is 35.5. The lowest BCUT2D eigenvalue weighted by Crippen LogP contribution is -2.56. The number of nitrogens with zero attached hydrogens (tertiary/aromatic N) is 1. The predicted molar refractivity (Wildman–Crippen MR) is 73.5 cm³/mol. The number of hydrogen-bond donors (Lipinski definition) is 1. The molecular weight excluding hydrogens is 267 g/mol. The number of carbonyl (C=O) groups is 1. The van der Waals surface area contributed by atoms with Crippen LogP contribution >= 0.6 is 11.6 Å². The summed E-state index contributed by atoms with van der Waals surface area (Å²) < 4.78 is 13.8. The van der Waals surface area contributed by atoms with Crippen molar-refractivity contribution in [1.29, 1.82) is 0 Å². The summed E-state index contributed by atoms with van der Waals surface area (Å²) in [5.41, 5.74) is 0.463. The zero-order valence-corrected chi connectivity index (χ0v) is 11.9. The van der Waals surface area contributed by atoms with Gasteiger partial charge in [-0.3, -0.25) is 9.69 Å². The van der Waals surface area contributed by atoms with E-state index < -0.39 is 0 Å². The number of rotatable bonds is 3. The Labute approximate surface area is 117 Å². The van der Waals surface area contributed by atoms with E-state index in [1.54, 1.807) is 12.1 Å². The van der Waals surface area contributed by atoms with Crippen LogP contribution in [0.25, 0.3) is 0 Å². The molecule has 1 atom stereocenters. The van der Waals surface area contributed by atoms with E-state index >= 15 is 0 Å². The molecule has 1 fully saturated rings. The van der Waals surface area contributed by atoms with E-state index in [1.165, 1.54) is 6.07 Å². The van der Waals surface area contributed by atoms with E-state index in [2.05, 4.69) is 5.32 Å². The quantitative estimate of drug-likeness (QED) is 0.925. The fourth-order valence-corrected chi connectivity index (χ4v) is 2.74. The van der Waals surface area contributed by atoms with E-state index in [1.807, 2.05) is 18.7 Å². The van der Waals surface area contributed by atoms with Gasteiger partial charge in [-0.2, -0.15) is 0 Å². The second-order valence-electron chi connectivity index (χ2n) is 5.15. The molecule has 1 aromatic rings.